The maximum absolute atomic E-state index is 12.7. The molecule has 2 aromatic heterocycles. The highest BCUT2D eigenvalue weighted by Crippen LogP contribution is 2.03. The molecule has 12 heteroatoms. The molecule has 0 spiro atoms. The lowest BCUT2D eigenvalue weighted by atomic mass is 10.2. The second-order valence-corrected chi connectivity index (χ2v) is 8.56. The number of aromatic nitrogens is 4. The van der Waals surface area contributed by atoms with Crippen molar-refractivity contribution in [2.75, 3.05) is 14.2 Å². The predicted octanol–water partition coefficient (Wildman–Crippen LogP) is 0.337. The molecule has 0 saturated heterocycles. The molecule has 0 aliphatic carbocycles. The highest BCUT2D eigenvalue weighted by atomic mass is 16.5. The number of unbranched alkanes of at least 4 members (excludes halogenated alkanes) is 3. The van der Waals surface area contributed by atoms with Crippen LogP contribution in [-0.4, -0.2) is 44.4 Å². The number of hydrogen-bond acceptors (Lipinski definition) is 8. The van der Waals surface area contributed by atoms with Gasteiger partial charge in [-0.05, 0) is 26.7 Å². The number of carbonyl (C=O) groups is 2. The molecule has 0 atom stereocenters. The fourth-order valence-electron chi connectivity index (χ4n) is 3.83. The van der Waals surface area contributed by atoms with Crippen molar-refractivity contribution in [1.82, 2.24) is 18.3 Å². The SMILES string of the molecule is COC(=O)CCn1cc(C)c(=O)n(CCCCCCn2c(=O)c(C)cn(CCC(=O)OC)c2=O)c1=O. The van der Waals surface area contributed by atoms with E-state index >= 15 is 0 Å². The van der Waals surface area contributed by atoms with Crippen molar-refractivity contribution in [3.63, 3.8) is 0 Å². The number of nitrogens with zero attached hydrogens (tertiary/aromatic N) is 4. The highest BCUT2D eigenvalue weighted by Gasteiger charge is 2.12. The Labute approximate surface area is 207 Å². The van der Waals surface area contributed by atoms with Crippen LogP contribution in [0.15, 0.2) is 31.6 Å². The zero-order chi connectivity index (χ0) is 26.8. The maximum atomic E-state index is 12.7. The molecule has 2 aromatic rings. The molecule has 0 aliphatic heterocycles. The summed E-state index contributed by atoms with van der Waals surface area (Å²) in [5, 5.41) is 0. The van der Waals surface area contributed by atoms with Crippen molar-refractivity contribution in [3.05, 3.63) is 65.2 Å². The number of aryl methyl sites for hydroxylation is 4. The lowest BCUT2D eigenvalue weighted by Crippen LogP contribution is -2.41. The Morgan fingerprint density at radius 2 is 1.00 bits per heavy atom. The Balaban J connectivity index is 1.96. The van der Waals surface area contributed by atoms with E-state index in [-0.39, 0.29) is 50.1 Å². The fourth-order valence-corrected chi connectivity index (χ4v) is 3.83. The summed E-state index contributed by atoms with van der Waals surface area (Å²) in [7, 11) is 2.54. The van der Waals surface area contributed by atoms with Gasteiger partial charge in [0.25, 0.3) is 11.1 Å². The van der Waals surface area contributed by atoms with Gasteiger partial charge in [0.2, 0.25) is 0 Å². The zero-order valence-electron chi connectivity index (χ0n) is 21.3. The van der Waals surface area contributed by atoms with E-state index in [0.717, 1.165) is 9.13 Å². The molecular weight excluding hydrogens is 472 g/mol. The van der Waals surface area contributed by atoms with Gasteiger partial charge in [-0.1, -0.05) is 12.8 Å². The van der Waals surface area contributed by atoms with E-state index in [2.05, 4.69) is 9.47 Å². The molecule has 12 nitrogen and oxygen atoms in total. The molecule has 0 amide bonds. The molecule has 0 N–H and O–H groups in total. The molecule has 36 heavy (non-hydrogen) atoms. The van der Waals surface area contributed by atoms with E-state index in [9.17, 15) is 28.8 Å². The number of methoxy groups -OCH3 is 2. The standard InChI is InChI=1S/C24H34N4O8/c1-17-15-25(13-9-19(29)35-3)23(33)27(21(17)31)11-7-5-6-8-12-28-22(32)18(2)16-26(24(28)34)14-10-20(30)36-4/h15-16H,5-14H2,1-4H3. The fraction of sp³-hybridized carbons (Fsp3) is 0.583. The molecule has 0 fully saturated rings. The van der Waals surface area contributed by atoms with Crippen molar-refractivity contribution < 1.29 is 19.1 Å². The van der Waals surface area contributed by atoms with E-state index in [1.54, 1.807) is 13.8 Å². The minimum absolute atomic E-state index is 0.0246. The Hall–Kier alpha value is -3.70. The summed E-state index contributed by atoms with van der Waals surface area (Å²) in [6.45, 7) is 3.92. The number of hydrogen-bond donors (Lipinski definition) is 0. The lowest BCUT2D eigenvalue weighted by molar-refractivity contribution is -0.141. The van der Waals surface area contributed by atoms with Crippen LogP contribution >= 0.6 is 0 Å². The summed E-state index contributed by atoms with van der Waals surface area (Å²) in [4.78, 5) is 73.0. The van der Waals surface area contributed by atoms with E-state index in [0.29, 0.717) is 36.8 Å². The first-order chi connectivity index (χ1) is 17.1. The number of rotatable bonds is 13. The molecule has 0 unspecified atom stereocenters. The molecule has 0 aromatic carbocycles. The van der Waals surface area contributed by atoms with Gasteiger partial charge in [-0.2, -0.15) is 0 Å². The Morgan fingerprint density at radius 1 is 0.639 bits per heavy atom. The number of ether oxygens (including phenoxy) is 2. The van der Waals surface area contributed by atoms with E-state index < -0.39 is 23.3 Å². The number of carbonyl (C=O) groups excluding carboxylic acids is 2. The first kappa shape index (κ1) is 28.5. The third-order valence-corrected chi connectivity index (χ3v) is 5.90. The molecule has 0 aliphatic rings. The Morgan fingerprint density at radius 3 is 1.33 bits per heavy atom. The second-order valence-electron chi connectivity index (χ2n) is 8.56. The largest absolute Gasteiger partial charge is 0.469 e. The first-order valence-electron chi connectivity index (χ1n) is 11.9. The van der Waals surface area contributed by atoms with E-state index in [1.807, 2.05) is 0 Å². The van der Waals surface area contributed by atoms with Crippen LogP contribution in [0.3, 0.4) is 0 Å². The van der Waals surface area contributed by atoms with Crippen LogP contribution in [0.25, 0.3) is 0 Å². The van der Waals surface area contributed by atoms with Crippen LogP contribution in [-0.2, 0) is 45.2 Å². The summed E-state index contributed by atoms with van der Waals surface area (Å²) >= 11 is 0. The van der Waals surface area contributed by atoms with Gasteiger partial charge in [0, 0.05) is 49.7 Å². The molecule has 0 radical (unpaired) electrons. The Kier molecular flexibility index (Phi) is 10.6. The molecule has 0 saturated carbocycles. The van der Waals surface area contributed by atoms with Gasteiger partial charge in [-0.15, -0.1) is 0 Å². The molecule has 2 rings (SSSR count). The van der Waals surface area contributed by atoms with Crippen LogP contribution in [0.1, 0.15) is 49.7 Å². The highest BCUT2D eigenvalue weighted by molar-refractivity contribution is 5.69. The molecule has 0 bridgehead atoms. The minimum atomic E-state index is -0.478. The van der Waals surface area contributed by atoms with Gasteiger partial charge >= 0.3 is 23.3 Å². The van der Waals surface area contributed by atoms with Crippen LogP contribution in [0, 0.1) is 13.8 Å². The monoisotopic (exact) mass is 506 g/mol. The van der Waals surface area contributed by atoms with Crippen molar-refractivity contribution in [1.29, 1.82) is 0 Å². The van der Waals surface area contributed by atoms with Gasteiger partial charge in [0.15, 0.2) is 0 Å². The number of esters is 2. The predicted molar refractivity (Wildman–Crippen MR) is 131 cm³/mol. The van der Waals surface area contributed by atoms with Crippen molar-refractivity contribution in [2.45, 2.75) is 78.6 Å². The van der Waals surface area contributed by atoms with Crippen molar-refractivity contribution >= 4 is 11.9 Å². The topological polar surface area (TPSA) is 141 Å². The van der Waals surface area contributed by atoms with Gasteiger partial charge in [0.1, 0.15) is 0 Å². The van der Waals surface area contributed by atoms with Crippen LogP contribution in [0.4, 0.5) is 0 Å². The third kappa shape index (κ3) is 7.40. The first-order valence-corrected chi connectivity index (χ1v) is 11.9. The van der Waals surface area contributed by atoms with Crippen molar-refractivity contribution in [3.8, 4) is 0 Å². The van der Waals surface area contributed by atoms with Crippen molar-refractivity contribution in [2.24, 2.45) is 0 Å². The average molecular weight is 507 g/mol. The summed E-state index contributed by atoms with van der Waals surface area (Å²) in [6.07, 6.45) is 5.42. The van der Waals surface area contributed by atoms with E-state index in [1.165, 1.54) is 35.7 Å². The summed E-state index contributed by atoms with van der Waals surface area (Å²) in [5.74, 6) is -0.888. The maximum Gasteiger partial charge on any atom is 0.330 e. The summed E-state index contributed by atoms with van der Waals surface area (Å²) in [6, 6.07) is 0. The third-order valence-electron chi connectivity index (χ3n) is 5.90. The van der Waals surface area contributed by atoms with Gasteiger partial charge in [0.05, 0.1) is 27.1 Å². The second kappa shape index (κ2) is 13.4. The smallest absolute Gasteiger partial charge is 0.330 e. The summed E-state index contributed by atoms with van der Waals surface area (Å²) in [5.41, 5.74) is -0.883. The lowest BCUT2D eigenvalue weighted by Gasteiger charge is -2.12. The average Bonchev–Trinajstić information content (AvgIpc) is 2.86. The normalized spacial score (nSPS) is 10.9. The van der Waals surface area contributed by atoms with Crippen LogP contribution in [0.2, 0.25) is 0 Å². The Bertz CT molecular complexity index is 1210. The molecule has 2 heterocycles. The van der Waals surface area contributed by atoms with Crippen LogP contribution in [0.5, 0.6) is 0 Å². The van der Waals surface area contributed by atoms with Crippen LogP contribution < -0.4 is 22.5 Å². The van der Waals surface area contributed by atoms with Gasteiger partial charge in [-0.3, -0.25) is 37.4 Å². The minimum Gasteiger partial charge on any atom is -0.469 e. The van der Waals surface area contributed by atoms with Gasteiger partial charge in [-0.25, -0.2) is 9.59 Å². The van der Waals surface area contributed by atoms with E-state index in [4.69, 9.17) is 0 Å². The molecule has 198 valence electrons. The molecular formula is C24H34N4O8. The quantitative estimate of drug-likeness (QED) is 0.280. The zero-order valence-corrected chi connectivity index (χ0v) is 21.3. The van der Waals surface area contributed by atoms with Gasteiger partial charge < -0.3 is 9.47 Å². The summed E-state index contributed by atoms with van der Waals surface area (Å²) < 4.78 is 14.2.